The first-order valence-corrected chi connectivity index (χ1v) is 11.1. The van der Waals surface area contributed by atoms with Gasteiger partial charge in [-0.05, 0) is 44.9 Å². The quantitative estimate of drug-likeness (QED) is 0.818. The predicted octanol–water partition coefficient (Wildman–Crippen LogP) is 2.05. The molecule has 28 heavy (non-hydrogen) atoms. The number of hydrogen-bond donors (Lipinski definition) is 2. The van der Waals surface area contributed by atoms with Crippen LogP contribution in [-0.2, 0) is 10.0 Å². The van der Waals surface area contributed by atoms with Crippen LogP contribution >= 0.6 is 0 Å². The lowest BCUT2D eigenvalue weighted by Crippen LogP contribution is -2.54. The Morgan fingerprint density at radius 3 is 2.82 bits per heavy atom. The summed E-state index contributed by atoms with van der Waals surface area (Å²) in [6.45, 7) is 5.13. The maximum absolute atomic E-state index is 13.0. The summed E-state index contributed by atoms with van der Waals surface area (Å²) < 4.78 is 29.7. The Balaban J connectivity index is 1.53. The largest absolute Gasteiger partial charge is 0.368 e. The second kappa shape index (κ2) is 7.21. The minimum Gasteiger partial charge on any atom is -0.368 e. The SMILES string of the molecule is CC(C)n1nccc1C(=O)N1CCC[C@@H]([C@@H]2Nc3ccccc3S(=O)(=O)N2)C1. The predicted molar refractivity (Wildman–Crippen MR) is 105 cm³/mol. The van der Waals surface area contributed by atoms with E-state index in [2.05, 4.69) is 15.1 Å². The molecule has 1 aromatic carbocycles. The molecule has 3 heterocycles. The summed E-state index contributed by atoms with van der Waals surface area (Å²) in [6.07, 6.45) is 2.87. The van der Waals surface area contributed by atoms with Crippen LogP contribution in [0.4, 0.5) is 5.69 Å². The van der Waals surface area contributed by atoms with Crippen LogP contribution < -0.4 is 10.0 Å². The number of fused-ring (bicyclic) bond motifs is 1. The molecule has 1 amide bonds. The van der Waals surface area contributed by atoms with Gasteiger partial charge in [0, 0.05) is 31.2 Å². The van der Waals surface area contributed by atoms with E-state index in [1.807, 2.05) is 19.9 Å². The number of carbonyl (C=O) groups excluding carboxylic acids is 1. The number of hydrogen-bond acceptors (Lipinski definition) is 5. The molecule has 0 radical (unpaired) electrons. The van der Waals surface area contributed by atoms with Crippen molar-refractivity contribution >= 4 is 21.6 Å². The van der Waals surface area contributed by atoms with E-state index in [0.717, 1.165) is 12.8 Å². The molecular weight excluding hydrogens is 378 g/mol. The van der Waals surface area contributed by atoms with E-state index < -0.39 is 16.2 Å². The molecule has 2 aliphatic heterocycles. The normalized spacial score (nSPS) is 23.9. The topological polar surface area (TPSA) is 96.3 Å². The second-order valence-corrected chi connectivity index (χ2v) is 9.33. The van der Waals surface area contributed by atoms with Gasteiger partial charge in [-0.15, -0.1) is 0 Å². The third-order valence-corrected chi connectivity index (χ3v) is 6.86. The molecule has 2 aliphatic rings. The van der Waals surface area contributed by atoms with Gasteiger partial charge >= 0.3 is 0 Å². The van der Waals surface area contributed by atoms with E-state index in [4.69, 9.17) is 0 Å². The number of rotatable bonds is 3. The molecule has 0 aliphatic carbocycles. The van der Waals surface area contributed by atoms with Gasteiger partial charge in [-0.2, -0.15) is 9.82 Å². The molecule has 0 unspecified atom stereocenters. The van der Waals surface area contributed by atoms with Crippen molar-refractivity contribution in [1.29, 1.82) is 0 Å². The summed E-state index contributed by atoms with van der Waals surface area (Å²) in [5.74, 6) is -0.0776. The molecule has 2 atom stereocenters. The Morgan fingerprint density at radius 2 is 2.04 bits per heavy atom. The van der Waals surface area contributed by atoms with E-state index in [9.17, 15) is 13.2 Å². The number of sulfonamides is 1. The third-order valence-electron chi connectivity index (χ3n) is 5.36. The van der Waals surface area contributed by atoms with E-state index in [-0.39, 0.29) is 22.8 Å². The molecule has 150 valence electrons. The number of nitrogens with zero attached hydrogens (tertiary/aromatic N) is 3. The molecule has 4 rings (SSSR count). The number of likely N-dealkylation sites (tertiary alicyclic amines) is 1. The smallest absolute Gasteiger partial charge is 0.272 e. The Bertz CT molecular complexity index is 985. The highest BCUT2D eigenvalue weighted by Crippen LogP contribution is 2.30. The zero-order chi connectivity index (χ0) is 19.9. The van der Waals surface area contributed by atoms with Crippen molar-refractivity contribution in [2.45, 2.75) is 43.8 Å². The summed E-state index contributed by atoms with van der Waals surface area (Å²) in [6, 6.07) is 8.71. The Morgan fingerprint density at radius 1 is 1.25 bits per heavy atom. The molecular formula is C19H25N5O3S. The molecule has 9 heteroatoms. The standard InChI is InChI=1S/C19H25N5O3S/c1-13(2)24-16(9-10-20-24)19(25)23-11-5-6-14(12-23)18-21-15-7-3-4-8-17(15)28(26,27)22-18/h3-4,7-10,13-14,18,21-22H,5-6,11-12H2,1-2H3/t14-,18-/m1/s1. The van der Waals surface area contributed by atoms with Gasteiger partial charge in [-0.25, -0.2) is 8.42 Å². The Labute approximate surface area is 165 Å². The van der Waals surface area contributed by atoms with Crippen molar-refractivity contribution < 1.29 is 13.2 Å². The van der Waals surface area contributed by atoms with Crippen LogP contribution in [0.25, 0.3) is 0 Å². The van der Waals surface area contributed by atoms with E-state index in [1.165, 1.54) is 0 Å². The van der Waals surface area contributed by atoms with Gasteiger partial charge in [0.2, 0.25) is 10.0 Å². The fourth-order valence-electron chi connectivity index (χ4n) is 3.99. The van der Waals surface area contributed by atoms with Crippen molar-refractivity contribution in [3.05, 3.63) is 42.2 Å². The van der Waals surface area contributed by atoms with Crippen LogP contribution in [0.3, 0.4) is 0 Å². The zero-order valence-corrected chi connectivity index (χ0v) is 16.8. The number of aromatic nitrogens is 2. The molecule has 1 saturated heterocycles. The van der Waals surface area contributed by atoms with Gasteiger partial charge in [0.05, 0.1) is 11.9 Å². The Hall–Kier alpha value is -2.39. The maximum Gasteiger partial charge on any atom is 0.272 e. The van der Waals surface area contributed by atoms with Crippen molar-refractivity contribution in [3.8, 4) is 0 Å². The van der Waals surface area contributed by atoms with Gasteiger partial charge in [0.1, 0.15) is 10.6 Å². The molecule has 2 N–H and O–H groups in total. The van der Waals surface area contributed by atoms with Crippen molar-refractivity contribution in [2.24, 2.45) is 5.92 Å². The van der Waals surface area contributed by atoms with E-state index in [0.29, 0.717) is 24.5 Å². The van der Waals surface area contributed by atoms with Crippen molar-refractivity contribution in [3.63, 3.8) is 0 Å². The van der Waals surface area contributed by atoms with Crippen molar-refractivity contribution in [1.82, 2.24) is 19.4 Å². The number of amides is 1. The molecule has 8 nitrogen and oxygen atoms in total. The molecule has 0 saturated carbocycles. The number of anilines is 1. The fraction of sp³-hybridized carbons (Fsp3) is 0.474. The van der Waals surface area contributed by atoms with Crippen LogP contribution in [-0.4, -0.2) is 48.3 Å². The highest BCUT2D eigenvalue weighted by atomic mass is 32.2. The monoisotopic (exact) mass is 403 g/mol. The number of carbonyl (C=O) groups is 1. The maximum atomic E-state index is 13.0. The Kier molecular flexibility index (Phi) is 4.88. The van der Waals surface area contributed by atoms with Gasteiger partial charge in [-0.1, -0.05) is 12.1 Å². The van der Waals surface area contributed by atoms with Gasteiger partial charge in [-0.3, -0.25) is 9.48 Å². The number of piperidine rings is 1. The molecule has 0 bridgehead atoms. The summed E-state index contributed by atoms with van der Waals surface area (Å²) in [7, 11) is -3.57. The van der Waals surface area contributed by atoms with Crippen LogP contribution in [0.15, 0.2) is 41.4 Å². The van der Waals surface area contributed by atoms with Crippen LogP contribution in [0, 0.1) is 5.92 Å². The first-order chi connectivity index (χ1) is 13.4. The number of nitrogens with one attached hydrogen (secondary N) is 2. The summed E-state index contributed by atoms with van der Waals surface area (Å²) in [5.41, 5.74) is 1.17. The minimum atomic E-state index is -3.57. The highest BCUT2D eigenvalue weighted by Gasteiger charge is 2.37. The van der Waals surface area contributed by atoms with Crippen LogP contribution in [0.1, 0.15) is 43.2 Å². The van der Waals surface area contributed by atoms with Crippen LogP contribution in [0.5, 0.6) is 0 Å². The lowest BCUT2D eigenvalue weighted by Gasteiger charge is -2.39. The zero-order valence-electron chi connectivity index (χ0n) is 16.0. The van der Waals surface area contributed by atoms with Gasteiger partial charge < -0.3 is 10.2 Å². The van der Waals surface area contributed by atoms with Crippen molar-refractivity contribution in [2.75, 3.05) is 18.4 Å². The molecule has 2 aromatic rings. The first kappa shape index (κ1) is 18.9. The average molecular weight is 404 g/mol. The van der Waals surface area contributed by atoms with Gasteiger partial charge in [0.25, 0.3) is 5.91 Å². The molecule has 0 spiro atoms. The number of benzene rings is 1. The summed E-state index contributed by atoms with van der Waals surface area (Å²) in [4.78, 5) is 15.1. The highest BCUT2D eigenvalue weighted by molar-refractivity contribution is 7.89. The van der Waals surface area contributed by atoms with Crippen LogP contribution in [0.2, 0.25) is 0 Å². The molecule has 1 aromatic heterocycles. The van der Waals surface area contributed by atoms with Gasteiger partial charge in [0.15, 0.2) is 0 Å². The molecule has 1 fully saturated rings. The summed E-state index contributed by atoms with van der Waals surface area (Å²) in [5, 5.41) is 7.55. The second-order valence-electron chi connectivity index (χ2n) is 7.65. The van der Waals surface area contributed by atoms with E-state index >= 15 is 0 Å². The average Bonchev–Trinajstić information content (AvgIpc) is 3.17. The lowest BCUT2D eigenvalue weighted by atomic mass is 9.94. The number of para-hydroxylation sites is 1. The third kappa shape index (κ3) is 3.40. The minimum absolute atomic E-state index is 0.0174. The fourth-order valence-corrected chi connectivity index (χ4v) is 5.37. The summed E-state index contributed by atoms with van der Waals surface area (Å²) >= 11 is 0. The first-order valence-electron chi connectivity index (χ1n) is 9.57. The lowest BCUT2D eigenvalue weighted by molar-refractivity contribution is 0.0644. The van der Waals surface area contributed by atoms with E-state index in [1.54, 1.807) is 40.0 Å².